The van der Waals surface area contributed by atoms with E-state index in [0.717, 1.165) is 115 Å². The zero-order valence-electron chi connectivity index (χ0n) is 62.7. The molecular weight excluding hydrogens is 1270 g/mol. The maximum atomic E-state index is 13.1. The molecule has 0 aromatic rings. The number of rotatable bonds is 76. The number of allylic oxidation sites excluding steroid dienone is 4. The Morgan fingerprint density at radius 1 is 0.320 bits per heavy atom. The van der Waals surface area contributed by atoms with Gasteiger partial charge in [0.25, 0.3) is 0 Å². The minimum Gasteiger partial charge on any atom is -0.462 e. The molecule has 0 aliphatic heterocycles. The van der Waals surface area contributed by atoms with Gasteiger partial charge in [0.2, 0.25) is 0 Å². The molecule has 0 amide bonds. The summed E-state index contributed by atoms with van der Waals surface area (Å²) >= 11 is 0. The maximum Gasteiger partial charge on any atom is 0.472 e. The van der Waals surface area contributed by atoms with Crippen molar-refractivity contribution in [3.63, 3.8) is 0 Å². The second kappa shape index (κ2) is 70.6. The number of phosphoric ester groups is 2. The molecule has 0 aliphatic carbocycles. The highest BCUT2D eigenvalue weighted by molar-refractivity contribution is 7.47. The van der Waals surface area contributed by atoms with Crippen LogP contribution >= 0.6 is 15.6 Å². The van der Waals surface area contributed by atoms with Gasteiger partial charge in [0.05, 0.1) is 26.4 Å². The average molecular weight is 1420 g/mol. The van der Waals surface area contributed by atoms with Crippen LogP contribution in [0.5, 0.6) is 0 Å². The number of ether oxygens (including phenoxy) is 4. The van der Waals surface area contributed by atoms with E-state index < -0.39 is 97.5 Å². The molecule has 0 aromatic carbocycles. The van der Waals surface area contributed by atoms with Gasteiger partial charge in [-0.1, -0.05) is 335 Å². The molecule has 0 spiro atoms. The van der Waals surface area contributed by atoms with Crippen LogP contribution in [-0.4, -0.2) is 96.7 Å². The van der Waals surface area contributed by atoms with Gasteiger partial charge in [0.15, 0.2) is 12.2 Å². The Morgan fingerprint density at radius 2 is 0.557 bits per heavy atom. The fourth-order valence-electron chi connectivity index (χ4n) is 11.5. The fourth-order valence-corrected chi connectivity index (χ4v) is 13.1. The molecule has 0 saturated heterocycles. The summed E-state index contributed by atoms with van der Waals surface area (Å²) in [7, 11) is -9.93. The number of aliphatic hydroxyl groups excluding tert-OH is 1. The Hall–Kier alpha value is -2.46. The first-order chi connectivity index (χ1) is 47.0. The van der Waals surface area contributed by atoms with Crippen molar-refractivity contribution in [2.75, 3.05) is 39.6 Å². The van der Waals surface area contributed by atoms with Gasteiger partial charge in [-0.3, -0.25) is 37.3 Å². The Morgan fingerprint density at radius 3 is 0.845 bits per heavy atom. The molecule has 2 unspecified atom stereocenters. The number of aliphatic hydroxyl groups is 1. The summed E-state index contributed by atoms with van der Waals surface area (Å²) in [4.78, 5) is 72.9. The van der Waals surface area contributed by atoms with Crippen molar-refractivity contribution < 1.29 is 80.2 Å². The number of hydrogen-bond acceptors (Lipinski definition) is 15. The number of esters is 4. The Labute approximate surface area is 592 Å². The largest absolute Gasteiger partial charge is 0.472 e. The first kappa shape index (κ1) is 94.5. The normalized spacial score (nSPS) is 14.1. The highest BCUT2D eigenvalue weighted by Gasteiger charge is 2.30. The third kappa shape index (κ3) is 71.7. The topological polar surface area (TPSA) is 237 Å². The molecule has 3 N–H and O–H groups in total. The van der Waals surface area contributed by atoms with E-state index in [1.165, 1.54) is 193 Å². The van der Waals surface area contributed by atoms with E-state index in [4.69, 9.17) is 37.0 Å². The SMILES string of the molecule is CCCCCC/C=C\C=C/CCCCCCCC(=O)OC[C@H](COP(=O)(O)OC[C@@H](O)COP(=O)(O)OC[C@@H](COC(=O)CCCCCCCCCCCCC)OC(=O)CCCCCCCCCCCCCC(C)C)OC(=O)CCCCCCCCCCCCCCCCCCC. The molecule has 0 bridgehead atoms. The third-order valence-corrected chi connectivity index (χ3v) is 19.6. The van der Waals surface area contributed by atoms with Crippen molar-refractivity contribution in [2.24, 2.45) is 5.92 Å². The van der Waals surface area contributed by atoms with Crippen LogP contribution in [0.2, 0.25) is 0 Å². The van der Waals surface area contributed by atoms with Gasteiger partial charge in [-0.25, -0.2) is 9.13 Å². The quantitative estimate of drug-likeness (QED) is 0.0169. The Balaban J connectivity index is 5.29. The van der Waals surface area contributed by atoms with E-state index in [2.05, 4.69) is 58.9 Å². The lowest BCUT2D eigenvalue weighted by atomic mass is 10.0. The Bertz CT molecular complexity index is 1950. The summed E-state index contributed by atoms with van der Waals surface area (Å²) in [6.45, 7) is 7.24. The van der Waals surface area contributed by atoms with Crippen LogP contribution in [0, 0.1) is 5.92 Å². The zero-order chi connectivity index (χ0) is 71.2. The van der Waals surface area contributed by atoms with Crippen LogP contribution in [-0.2, 0) is 65.4 Å². The molecule has 5 atom stereocenters. The average Bonchev–Trinajstić information content (AvgIpc) is 2.37. The molecule has 17 nitrogen and oxygen atoms in total. The van der Waals surface area contributed by atoms with Crippen molar-refractivity contribution in [3.05, 3.63) is 24.3 Å². The molecule has 0 fully saturated rings. The molecule has 0 rings (SSSR count). The standard InChI is InChI=1S/C78H148O17P2/c1-6-9-12-15-18-21-24-26-28-29-31-33-38-43-48-53-58-63-77(82)94-74(68-89-76(81)62-57-52-47-42-37-32-30-27-25-22-19-16-13-10-7-2)70-93-97(86,87)91-66-72(79)65-90-96(84,85)92-69-73(67-88-75(80)61-56-51-46-41-35-23-20-17-14-11-8-3)95-78(83)64-59-54-49-44-39-34-36-40-45-50-55-60-71(4)5/h22,25,27,30,71-74,79H,6-21,23-24,26,28-29,31-70H2,1-5H3,(H,84,85)(H,86,87)/b25-22-,30-27-/t72-,73+,74+/m0/s1. The molecule has 0 heterocycles. The molecule has 0 aliphatic rings. The van der Waals surface area contributed by atoms with Gasteiger partial charge in [-0.05, 0) is 57.3 Å². The highest BCUT2D eigenvalue weighted by atomic mass is 31.2. The van der Waals surface area contributed by atoms with Crippen molar-refractivity contribution in [1.29, 1.82) is 0 Å². The molecular formula is C78H148O17P2. The lowest BCUT2D eigenvalue weighted by Crippen LogP contribution is -2.30. The van der Waals surface area contributed by atoms with Crippen LogP contribution < -0.4 is 0 Å². The monoisotopic (exact) mass is 1420 g/mol. The van der Waals surface area contributed by atoms with Crippen LogP contribution in [0.25, 0.3) is 0 Å². The molecule has 0 saturated carbocycles. The summed E-state index contributed by atoms with van der Waals surface area (Å²) in [5, 5.41) is 10.6. The van der Waals surface area contributed by atoms with Gasteiger partial charge in [-0.15, -0.1) is 0 Å². The Kier molecular flexibility index (Phi) is 68.8. The van der Waals surface area contributed by atoms with Crippen molar-refractivity contribution in [2.45, 2.75) is 406 Å². The van der Waals surface area contributed by atoms with Crippen LogP contribution in [0.4, 0.5) is 0 Å². The predicted octanol–water partition coefficient (Wildman–Crippen LogP) is 22.8. The van der Waals surface area contributed by atoms with E-state index >= 15 is 0 Å². The third-order valence-electron chi connectivity index (χ3n) is 17.7. The van der Waals surface area contributed by atoms with Crippen molar-refractivity contribution >= 4 is 39.5 Å². The van der Waals surface area contributed by atoms with E-state index in [1.807, 2.05) is 0 Å². The molecule has 0 aromatic heterocycles. The summed E-state index contributed by atoms with van der Waals surface area (Å²) in [5.74, 6) is -1.38. The van der Waals surface area contributed by atoms with Gasteiger partial charge in [0.1, 0.15) is 19.3 Å². The van der Waals surface area contributed by atoms with Crippen molar-refractivity contribution in [1.82, 2.24) is 0 Å². The number of carbonyl (C=O) groups is 4. The fraction of sp³-hybridized carbons (Fsp3) is 0.897. The van der Waals surface area contributed by atoms with Crippen molar-refractivity contribution in [3.8, 4) is 0 Å². The van der Waals surface area contributed by atoms with E-state index in [9.17, 15) is 43.2 Å². The number of carbonyl (C=O) groups excluding carboxylic acids is 4. The maximum absolute atomic E-state index is 13.1. The molecule has 0 radical (unpaired) electrons. The second-order valence-corrected chi connectivity index (χ2v) is 30.8. The van der Waals surface area contributed by atoms with Crippen LogP contribution in [0.3, 0.4) is 0 Å². The zero-order valence-corrected chi connectivity index (χ0v) is 64.5. The van der Waals surface area contributed by atoms with Crippen LogP contribution in [0.1, 0.15) is 388 Å². The van der Waals surface area contributed by atoms with E-state index in [0.29, 0.717) is 25.7 Å². The molecule has 572 valence electrons. The van der Waals surface area contributed by atoms with Gasteiger partial charge >= 0.3 is 39.5 Å². The van der Waals surface area contributed by atoms with Gasteiger partial charge < -0.3 is 33.8 Å². The number of phosphoric acid groups is 2. The van der Waals surface area contributed by atoms with Gasteiger partial charge in [-0.2, -0.15) is 0 Å². The second-order valence-electron chi connectivity index (χ2n) is 27.9. The predicted molar refractivity (Wildman–Crippen MR) is 395 cm³/mol. The number of unbranched alkanes of at least 4 members (excludes halogenated alkanes) is 45. The highest BCUT2D eigenvalue weighted by Crippen LogP contribution is 2.45. The summed E-state index contributed by atoms with van der Waals surface area (Å²) in [6.07, 6.45) is 63.1. The molecule has 97 heavy (non-hydrogen) atoms. The minimum atomic E-state index is -4.97. The number of hydrogen-bond donors (Lipinski definition) is 3. The lowest BCUT2D eigenvalue weighted by molar-refractivity contribution is -0.161. The lowest BCUT2D eigenvalue weighted by Gasteiger charge is -2.21. The summed E-state index contributed by atoms with van der Waals surface area (Å²) in [6, 6.07) is 0. The first-order valence-electron chi connectivity index (χ1n) is 40.0. The summed E-state index contributed by atoms with van der Waals surface area (Å²) < 4.78 is 68.6. The van der Waals surface area contributed by atoms with E-state index in [-0.39, 0.29) is 25.7 Å². The first-order valence-corrected chi connectivity index (χ1v) is 42.9. The smallest absolute Gasteiger partial charge is 0.462 e. The minimum absolute atomic E-state index is 0.102. The summed E-state index contributed by atoms with van der Waals surface area (Å²) in [5.41, 5.74) is 0. The van der Waals surface area contributed by atoms with Gasteiger partial charge in [0, 0.05) is 25.7 Å². The molecule has 19 heteroatoms. The van der Waals surface area contributed by atoms with Crippen LogP contribution in [0.15, 0.2) is 24.3 Å². The van der Waals surface area contributed by atoms with E-state index in [1.54, 1.807) is 0 Å².